The van der Waals surface area contributed by atoms with E-state index in [0.717, 1.165) is 16.7 Å². The predicted molar refractivity (Wildman–Crippen MR) is 96.3 cm³/mol. The van der Waals surface area contributed by atoms with Crippen LogP contribution in [0.15, 0.2) is 29.3 Å². The van der Waals surface area contributed by atoms with Gasteiger partial charge in [-0.05, 0) is 25.0 Å². The summed E-state index contributed by atoms with van der Waals surface area (Å²) in [6.45, 7) is 0.643. The number of nitrogens with one attached hydrogen (secondary N) is 1. The topological polar surface area (TPSA) is 33.6 Å². The number of para-hydroxylation sites is 1. The van der Waals surface area contributed by atoms with Crippen LogP contribution >= 0.6 is 40.3 Å². The second-order valence-corrected chi connectivity index (χ2v) is 6.66. The van der Waals surface area contributed by atoms with Crippen LogP contribution in [0.5, 0.6) is 5.75 Å². The van der Waals surface area contributed by atoms with Gasteiger partial charge in [0.1, 0.15) is 5.75 Å². The van der Waals surface area contributed by atoms with Gasteiger partial charge in [0.2, 0.25) is 0 Å². The summed E-state index contributed by atoms with van der Waals surface area (Å²) in [5.41, 5.74) is 0. The molecule has 1 heterocycles. The average Bonchev–Trinajstić information content (AvgIpc) is 2.88. The van der Waals surface area contributed by atoms with Crippen molar-refractivity contribution in [2.24, 2.45) is 4.99 Å². The van der Waals surface area contributed by atoms with Gasteiger partial charge in [-0.1, -0.05) is 48.3 Å². The molecule has 0 radical (unpaired) electrons. The summed E-state index contributed by atoms with van der Waals surface area (Å²) in [6, 6.07) is 8.67. The molecule has 116 valence electrons. The molecule has 3 rings (SSSR count). The Bertz CT molecular complexity index is 500. The number of hydrogen-bond donors (Lipinski definition) is 1. The number of thioether (sulfide) groups is 1. The number of rotatable bonds is 4. The number of ether oxygens (including phenoxy) is 1. The Morgan fingerprint density at radius 1 is 1.29 bits per heavy atom. The van der Waals surface area contributed by atoms with Gasteiger partial charge in [0, 0.05) is 5.75 Å². The highest BCUT2D eigenvalue weighted by Crippen LogP contribution is 2.27. The van der Waals surface area contributed by atoms with Gasteiger partial charge in [0.25, 0.3) is 0 Å². The van der Waals surface area contributed by atoms with Gasteiger partial charge in [-0.15, -0.1) is 17.0 Å². The molecule has 3 nitrogen and oxygen atoms in total. The summed E-state index contributed by atoms with van der Waals surface area (Å²) in [4.78, 5) is 4.76. The maximum absolute atomic E-state index is 6.05. The minimum atomic E-state index is 0. The number of hydrogen-bond acceptors (Lipinski definition) is 4. The molecule has 0 aromatic heterocycles. The molecule has 6 heteroatoms. The van der Waals surface area contributed by atoms with Crippen molar-refractivity contribution in [2.45, 2.75) is 37.8 Å². The molecule has 0 amide bonds. The SMILES string of the molecule is Br.Clc1ccccc1OCCSC1=NC2CCCCC2N1. The van der Waals surface area contributed by atoms with E-state index in [1.54, 1.807) is 11.8 Å². The molecule has 1 aromatic rings. The lowest BCUT2D eigenvalue weighted by molar-refractivity contribution is 0.344. The zero-order valence-corrected chi connectivity index (χ0v) is 15.0. The van der Waals surface area contributed by atoms with Gasteiger partial charge in [-0.3, -0.25) is 4.99 Å². The summed E-state index contributed by atoms with van der Waals surface area (Å²) in [6.07, 6.45) is 5.14. The number of fused-ring (bicyclic) bond motifs is 1. The zero-order chi connectivity index (χ0) is 13.8. The number of aliphatic imine (C=N–C) groups is 1. The van der Waals surface area contributed by atoms with Gasteiger partial charge < -0.3 is 10.1 Å². The van der Waals surface area contributed by atoms with E-state index in [9.17, 15) is 0 Å². The van der Waals surface area contributed by atoms with Gasteiger partial charge in [-0.2, -0.15) is 0 Å². The smallest absolute Gasteiger partial charge is 0.157 e. The molecule has 1 aromatic carbocycles. The second kappa shape index (κ2) is 8.30. The zero-order valence-electron chi connectivity index (χ0n) is 11.8. The highest BCUT2D eigenvalue weighted by Gasteiger charge is 2.30. The average molecular weight is 392 g/mol. The molecular weight excluding hydrogens is 372 g/mol. The van der Waals surface area contributed by atoms with E-state index in [4.69, 9.17) is 21.3 Å². The molecule has 1 aliphatic heterocycles. The second-order valence-electron chi connectivity index (χ2n) is 5.16. The summed E-state index contributed by atoms with van der Waals surface area (Å²) in [7, 11) is 0. The van der Waals surface area contributed by atoms with E-state index >= 15 is 0 Å². The van der Waals surface area contributed by atoms with Crippen LogP contribution in [0.4, 0.5) is 0 Å². The fourth-order valence-electron chi connectivity index (χ4n) is 2.71. The first kappa shape index (κ1) is 17.0. The summed E-state index contributed by atoms with van der Waals surface area (Å²) in [5.74, 6) is 1.64. The lowest BCUT2D eigenvalue weighted by atomic mass is 9.92. The highest BCUT2D eigenvalue weighted by atomic mass is 79.9. The molecule has 2 atom stereocenters. The Kier molecular flexibility index (Phi) is 6.71. The van der Waals surface area contributed by atoms with Gasteiger partial charge in [-0.25, -0.2) is 0 Å². The Morgan fingerprint density at radius 3 is 2.90 bits per heavy atom. The molecule has 1 saturated carbocycles. The number of benzene rings is 1. The molecule has 21 heavy (non-hydrogen) atoms. The monoisotopic (exact) mass is 390 g/mol. The summed E-state index contributed by atoms with van der Waals surface area (Å²) >= 11 is 7.79. The maximum Gasteiger partial charge on any atom is 0.157 e. The van der Waals surface area contributed by atoms with Crippen molar-refractivity contribution in [2.75, 3.05) is 12.4 Å². The molecule has 0 saturated heterocycles. The highest BCUT2D eigenvalue weighted by molar-refractivity contribution is 8.93. The number of nitrogens with zero attached hydrogens (tertiary/aromatic N) is 1. The molecule has 2 unspecified atom stereocenters. The van der Waals surface area contributed by atoms with E-state index in [1.165, 1.54) is 25.7 Å². The first-order valence-corrected chi connectivity index (χ1v) is 8.54. The summed E-state index contributed by atoms with van der Waals surface area (Å²) in [5, 5.41) is 5.29. The van der Waals surface area contributed by atoms with Gasteiger partial charge in [0.05, 0.1) is 23.7 Å². The van der Waals surface area contributed by atoms with Crippen molar-refractivity contribution in [1.82, 2.24) is 5.32 Å². The van der Waals surface area contributed by atoms with E-state index in [0.29, 0.717) is 23.7 Å². The third-order valence-corrected chi connectivity index (χ3v) is 4.92. The molecule has 1 fully saturated rings. The lowest BCUT2D eigenvalue weighted by Gasteiger charge is -2.23. The van der Waals surface area contributed by atoms with Crippen LogP contribution in [0.1, 0.15) is 25.7 Å². The Balaban J connectivity index is 0.00000161. The van der Waals surface area contributed by atoms with Crippen molar-refractivity contribution in [3.63, 3.8) is 0 Å². The Labute approximate surface area is 145 Å². The molecule has 0 spiro atoms. The minimum absolute atomic E-state index is 0. The van der Waals surface area contributed by atoms with Crippen molar-refractivity contribution >= 4 is 45.5 Å². The van der Waals surface area contributed by atoms with E-state index < -0.39 is 0 Å². The van der Waals surface area contributed by atoms with Crippen LogP contribution in [0.25, 0.3) is 0 Å². The minimum Gasteiger partial charge on any atom is -0.491 e. The number of halogens is 2. The lowest BCUT2D eigenvalue weighted by Crippen LogP contribution is -2.36. The van der Waals surface area contributed by atoms with Crippen molar-refractivity contribution < 1.29 is 4.74 Å². The molecular formula is C15H20BrClN2OS. The fraction of sp³-hybridized carbons (Fsp3) is 0.533. The molecule has 0 bridgehead atoms. The van der Waals surface area contributed by atoms with Gasteiger partial charge >= 0.3 is 0 Å². The molecule has 1 aliphatic carbocycles. The van der Waals surface area contributed by atoms with Crippen LogP contribution < -0.4 is 10.1 Å². The van der Waals surface area contributed by atoms with Crippen LogP contribution in [0.3, 0.4) is 0 Å². The van der Waals surface area contributed by atoms with Crippen LogP contribution in [-0.4, -0.2) is 29.6 Å². The predicted octanol–water partition coefficient (Wildman–Crippen LogP) is 4.30. The Hall–Kier alpha value is -0.390. The maximum atomic E-state index is 6.05. The van der Waals surface area contributed by atoms with Crippen molar-refractivity contribution in [3.05, 3.63) is 29.3 Å². The van der Waals surface area contributed by atoms with Crippen LogP contribution in [-0.2, 0) is 0 Å². The van der Waals surface area contributed by atoms with E-state index in [-0.39, 0.29) is 17.0 Å². The third kappa shape index (κ3) is 4.54. The number of amidine groups is 1. The molecule has 1 N–H and O–H groups in total. The Morgan fingerprint density at radius 2 is 2.10 bits per heavy atom. The van der Waals surface area contributed by atoms with Crippen molar-refractivity contribution in [1.29, 1.82) is 0 Å². The van der Waals surface area contributed by atoms with Crippen molar-refractivity contribution in [3.8, 4) is 5.75 Å². The standard InChI is InChI=1S/C15H19ClN2OS.BrH/c16-11-5-1-4-8-14(11)19-9-10-20-15-17-12-6-2-3-7-13(12)18-15;/h1,4-5,8,12-13H,2-3,6-7,9-10H2,(H,17,18);1H. The largest absolute Gasteiger partial charge is 0.491 e. The fourth-order valence-corrected chi connectivity index (χ4v) is 3.71. The first-order valence-electron chi connectivity index (χ1n) is 7.17. The van der Waals surface area contributed by atoms with Crippen LogP contribution in [0.2, 0.25) is 5.02 Å². The van der Waals surface area contributed by atoms with Gasteiger partial charge in [0.15, 0.2) is 5.17 Å². The third-order valence-electron chi connectivity index (χ3n) is 3.74. The molecule has 2 aliphatic rings. The normalized spacial score (nSPS) is 23.6. The quantitative estimate of drug-likeness (QED) is 0.777. The first-order chi connectivity index (χ1) is 9.83. The van der Waals surface area contributed by atoms with E-state index in [2.05, 4.69) is 5.32 Å². The van der Waals surface area contributed by atoms with E-state index in [1.807, 2.05) is 24.3 Å². The van der Waals surface area contributed by atoms with Crippen LogP contribution in [0, 0.1) is 0 Å². The summed E-state index contributed by atoms with van der Waals surface area (Å²) < 4.78 is 5.68.